The first kappa shape index (κ1) is 13.3. The summed E-state index contributed by atoms with van der Waals surface area (Å²) in [6.45, 7) is 0. The number of rotatable bonds is 4. The summed E-state index contributed by atoms with van der Waals surface area (Å²) in [7, 11) is -2.10. The highest BCUT2D eigenvalue weighted by Crippen LogP contribution is 2.25. The van der Waals surface area contributed by atoms with Crippen LogP contribution in [-0.4, -0.2) is 27.7 Å². The van der Waals surface area contributed by atoms with Gasteiger partial charge >= 0.3 is 0 Å². The molecule has 1 fully saturated rings. The SMILES string of the molecule is COC1CC(NS(=O)(=O)c2ccc(N)c(F)c2)C1. The molecule has 100 valence electrons. The Labute approximate surface area is 105 Å². The number of hydrogen-bond donors (Lipinski definition) is 2. The van der Waals surface area contributed by atoms with Gasteiger partial charge in [0.25, 0.3) is 0 Å². The first-order valence-corrected chi connectivity index (χ1v) is 7.01. The molecule has 0 unspecified atom stereocenters. The quantitative estimate of drug-likeness (QED) is 0.798. The van der Waals surface area contributed by atoms with Crippen molar-refractivity contribution in [2.24, 2.45) is 0 Å². The minimum absolute atomic E-state index is 0.0722. The summed E-state index contributed by atoms with van der Waals surface area (Å²) in [4.78, 5) is -0.116. The molecular formula is C11H15FN2O3S. The molecule has 1 aliphatic carbocycles. The number of sulfonamides is 1. The average molecular weight is 274 g/mol. The average Bonchev–Trinajstić information content (AvgIpc) is 2.26. The van der Waals surface area contributed by atoms with Crippen LogP contribution in [0.3, 0.4) is 0 Å². The van der Waals surface area contributed by atoms with Gasteiger partial charge in [-0.2, -0.15) is 0 Å². The van der Waals surface area contributed by atoms with Gasteiger partial charge in [0.1, 0.15) is 5.82 Å². The molecule has 0 aromatic heterocycles. The van der Waals surface area contributed by atoms with E-state index in [1.807, 2.05) is 0 Å². The predicted octanol–water partition coefficient (Wildman–Crippen LogP) is 0.864. The largest absolute Gasteiger partial charge is 0.396 e. The second kappa shape index (κ2) is 4.83. The molecule has 0 spiro atoms. The monoisotopic (exact) mass is 274 g/mol. The molecule has 1 aliphatic rings. The molecule has 18 heavy (non-hydrogen) atoms. The summed E-state index contributed by atoms with van der Waals surface area (Å²) in [5.74, 6) is -0.735. The normalized spacial score (nSPS) is 23.7. The number of halogens is 1. The maximum Gasteiger partial charge on any atom is 0.240 e. The second-order valence-electron chi connectivity index (χ2n) is 4.33. The Hall–Kier alpha value is -1.18. The number of nitrogen functional groups attached to an aromatic ring is 1. The molecule has 0 radical (unpaired) electrons. The van der Waals surface area contributed by atoms with E-state index in [1.165, 1.54) is 12.1 Å². The summed E-state index contributed by atoms with van der Waals surface area (Å²) < 4.78 is 44.7. The van der Waals surface area contributed by atoms with Crippen molar-refractivity contribution in [2.75, 3.05) is 12.8 Å². The number of anilines is 1. The topological polar surface area (TPSA) is 81.4 Å². The fourth-order valence-electron chi connectivity index (χ4n) is 1.82. The lowest BCUT2D eigenvalue weighted by Gasteiger charge is -2.34. The molecule has 0 atom stereocenters. The highest BCUT2D eigenvalue weighted by Gasteiger charge is 2.32. The molecular weight excluding hydrogens is 259 g/mol. The van der Waals surface area contributed by atoms with Crippen LogP contribution < -0.4 is 10.5 Å². The molecule has 0 aliphatic heterocycles. The van der Waals surface area contributed by atoms with E-state index >= 15 is 0 Å². The van der Waals surface area contributed by atoms with E-state index in [2.05, 4.69) is 4.72 Å². The molecule has 0 heterocycles. The van der Waals surface area contributed by atoms with E-state index in [-0.39, 0.29) is 22.7 Å². The second-order valence-corrected chi connectivity index (χ2v) is 6.04. The van der Waals surface area contributed by atoms with Crippen LogP contribution in [0.1, 0.15) is 12.8 Å². The van der Waals surface area contributed by atoms with E-state index in [0.29, 0.717) is 12.8 Å². The summed E-state index contributed by atoms with van der Waals surface area (Å²) in [5.41, 5.74) is 5.23. The number of hydrogen-bond acceptors (Lipinski definition) is 4. The van der Waals surface area contributed by atoms with Gasteiger partial charge in [0, 0.05) is 13.2 Å². The van der Waals surface area contributed by atoms with Crippen LogP contribution in [0.5, 0.6) is 0 Å². The molecule has 5 nitrogen and oxygen atoms in total. The predicted molar refractivity (Wildman–Crippen MR) is 65.0 cm³/mol. The Morgan fingerprint density at radius 3 is 2.67 bits per heavy atom. The minimum Gasteiger partial charge on any atom is -0.396 e. The van der Waals surface area contributed by atoms with Crippen molar-refractivity contribution in [3.05, 3.63) is 24.0 Å². The van der Waals surface area contributed by atoms with Gasteiger partial charge in [0.15, 0.2) is 0 Å². The molecule has 0 bridgehead atoms. The smallest absolute Gasteiger partial charge is 0.240 e. The van der Waals surface area contributed by atoms with Crippen LogP contribution in [0.15, 0.2) is 23.1 Å². The van der Waals surface area contributed by atoms with Gasteiger partial charge in [0.2, 0.25) is 10.0 Å². The number of ether oxygens (including phenoxy) is 1. The maximum atomic E-state index is 13.2. The molecule has 0 saturated heterocycles. The highest BCUT2D eigenvalue weighted by molar-refractivity contribution is 7.89. The van der Waals surface area contributed by atoms with Gasteiger partial charge < -0.3 is 10.5 Å². The Morgan fingerprint density at radius 2 is 2.11 bits per heavy atom. The summed E-state index contributed by atoms with van der Waals surface area (Å²) in [5, 5.41) is 0. The van der Waals surface area contributed by atoms with E-state index in [4.69, 9.17) is 10.5 Å². The molecule has 2 rings (SSSR count). The van der Waals surface area contributed by atoms with E-state index in [1.54, 1.807) is 7.11 Å². The zero-order valence-electron chi connectivity index (χ0n) is 9.89. The van der Waals surface area contributed by atoms with Gasteiger partial charge in [-0.25, -0.2) is 17.5 Å². The number of nitrogens with two attached hydrogens (primary N) is 1. The van der Waals surface area contributed by atoms with Gasteiger partial charge in [-0.1, -0.05) is 0 Å². The molecule has 1 saturated carbocycles. The fraction of sp³-hybridized carbons (Fsp3) is 0.455. The van der Waals surface area contributed by atoms with E-state index in [9.17, 15) is 12.8 Å². The fourth-order valence-corrected chi connectivity index (χ4v) is 3.09. The van der Waals surface area contributed by atoms with Gasteiger partial charge in [0.05, 0.1) is 16.7 Å². The Balaban J connectivity index is 2.09. The minimum atomic E-state index is -3.69. The molecule has 1 aromatic rings. The first-order valence-electron chi connectivity index (χ1n) is 5.52. The Kier molecular flexibility index (Phi) is 3.56. The molecule has 7 heteroatoms. The summed E-state index contributed by atoms with van der Waals surface area (Å²) in [6, 6.07) is 3.29. The lowest BCUT2D eigenvalue weighted by molar-refractivity contribution is 0.0236. The summed E-state index contributed by atoms with van der Waals surface area (Å²) >= 11 is 0. The standard InChI is InChI=1S/C11H15FN2O3S/c1-17-8-4-7(5-8)14-18(15,16)9-2-3-11(13)10(12)6-9/h2-3,6-8,14H,4-5,13H2,1H3. The van der Waals surface area contributed by atoms with E-state index < -0.39 is 15.8 Å². The van der Waals surface area contributed by atoms with Crippen molar-refractivity contribution >= 4 is 15.7 Å². The third kappa shape index (κ3) is 2.63. The van der Waals surface area contributed by atoms with E-state index in [0.717, 1.165) is 6.07 Å². The number of nitrogens with one attached hydrogen (secondary N) is 1. The van der Waals surface area contributed by atoms with Crippen molar-refractivity contribution in [2.45, 2.75) is 29.9 Å². The molecule has 0 amide bonds. The van der Waals surface area contributed by atoms with Crippen LogP contribution in [0.2, 0.25) is 0 Å². The lowest BCUT2D eigenvalue weighted by atomic mass is 9.90. The van der Waals surface area contributed by atoms with Crippen molar-refractivity contribution in [3.63, 3.8) is 0 Å². The van der Waals surface area contributed by atoms with Crippen LogP contribution in [0.4, 0.5) is 10.1 Å². The zero-order valence-corrected chi connectivity index (χ0v) is 10.7. The molecule has 1 aromatic carbocycles. The van der Waals surface area contributed by atoms with Crippen molar-refractivity contribution in [1.29, 1.82) is 0 Å². The number of methoxy groups -OCH3 is 1. The number of benzene rings is 1. The Morgan fingerprint density at radius 1 is 1.44 bits per heavy atom. The van der Waals surface area contributed by atoms with Crippen LogP contribution in [0, 0.1) is 5.82 Å². The van der Waals surface area contributed by atoms with Gasteiger partial charge in [-0.15, -0.1) is 0 Å². The van der Waals surface area contributed by atoms with Gasteiger partial charge in [-0.3, -0.25) is 0 Å². The lowest BCUT2D eigenvalue weighted by Crippen LogP contribution is -2.47. The maximum absolute atomic E-state index is 13.2. The third-order valence-corrected chi connectivity index (χ3v) is 4.55. The first-order chi connectivity index (χ1) is 8.42. The highest BCUT2D eigenvalue weighted by atomic mass is 32.2. The summed E-state index contributed by atoms with van der Waals surface area (Å²) in [6.07, 6.45) is 1.36. The van der Waals surface area contributed by atoms with Crippen LogP contribution >= 0.6 is 0 Å². The van der Waals surface area contributed by atoms with Crippen LogP contribution in [0.25, 0.3) is 0 Å². The van der Waals surface area contributed by atoms with Crippen LogP contribution in [-0.2, 0) is 14.8 Å². The zero-order chi connectivity index (χ0) is 13.3. The third-order valence-electron chi connectivity index (χ3n) is 3.03. The van der Waals surface area contributed by atoms with Crippen molar-refractivity contribution < 1.29 is 17.5 Å². The van der Waals surface area contributed by atoms with Crippen molar-refractivity contribution in [1.82, 2.24) is 4.72 Å². The Bertz CT molecular complexity index is 541. The van der Waals surface area contributed by atoms with Crippen molar-refractivity contribution in [3.8, 4) is 0 Å². The molecule has 3 N–H and O–H groups in total. The van der Waals surface area contributed by atoms with Gasteiger partial charge in [-0.05, 0) is 31.0 Å².